The molecule has 2 heterocycles. The molecule has 0 saturated heterocycles. The van der Waals surface area contributed by atoms with E-state index in [-0.39, 0.29) is 11.7 Å². The van der Waals surface area contributed by atoms with Crippen molar-refractivity contribution < 1.29 is 9.53 Å². The van der Waals surface area contributed by atoms with Gasteiger partial charge in [-0.3, -0.25) is 14.3 Å². The lowest BCUT2D eigenvalue weighted by Crippen LogP contribution is -2.20. The number of hydrogen-bond donors (Lipinski definition) is 1. The Morgan fingerprint density at radius 3 is 2.53 bits per heavy atom. The number of ether oxygens (including phenoxy) is 1. The van der Waals surface area contributed by atoms with Crippen LogP contribution in [0.2, 0.25) is 0 Å². The molecule has 32 heavy (non-hydrogen) atoms. The molecule has 0 aliphatic carbocycles. The van der Waals surface area contributed by atoms with Crippen LogP contribution in [-0.4, -0.2) is 44.7 Å². The third-order valence-electron chi connectivity index (χ3n) is 4.44. The van der Waals surface area contributed by atoms with Gasteiger partial charge in [-0.15, -0.1) is 10.2 Å². The lowest BCUT2D eigenvalue weighted by atomic mass is 10.2. The number of amides is 1. The number of methoxy groups -OCH3 is 1. The summed E-state index contributed by atoms with van der Waals surface area (Å²) < 4.78 is 7.19. The van der Waals surface area contributed by atoms with Crippen LogP contribution in [0.3, 0.4) is 0 Å². The summed E-state index contributed by atoms with van der Waals surface area (Å²) in [5.41, 5.74) is 5.17. The molecule has 0 atom stereocenters. The maximum absolute atomic E-state index is 12.3. The fourth-order valence-corrected chi connectivity index (χ4v) is 3.64. The molecule has 1 N–H and O–H groups in total. The second-order valence-electron chi connectivity index (χ2n) is 6.57. The molecule has 8 nitrogen and oxygen atoms in total. The Bertz CT molecular complexity index is 1190. The van der Waals surface area contributed by atoms with Crippen molar-refractivity contribution >= 4 is 23.9 Å². The van der Waals surface area contributed by atoms with Gasteiger partial charge in [0.05, 0.1) is 19.1 Å². The van der Waals surface area contributed by atoms with Crippen molar-refractivity contribution in [1.29, 1.82) is 0 Å². The molecule has 0 aliphatic rings. The van der Waals surface area contributed by atoms with Crippen molar-refractivity contribution in [2.24, 2.45) is 5.10 Å². The van der Waals surface area contributed by atoms with Gasteiger partial charge in [0.25, 0.3) is 5.91 Å². The fraction of sp³-hybridized carbons (Fsp3) is 0.0870. The monoisotopic (exact) mass is 444 g/mol. The van der Waals surface area contributed by atoms with Gasteiger partial charge in [-0.1, -0.05) is 42.1 Å². The summed E-state index contributed by atoms with van der Waals surface area (Å²) in [6.07, 6.45) is 4.89. The van der Waals surface area contributed by atoms with Crippen LogP contribution in [0.4, 0.5) is 0 Å². The summed E-state index contributed by atoms with van der Waals surface area (Å²) in [6, 6.07) is 21.0. The van der Waals surface area contributed by atoms with Gasteiger partial charge in [0.2, 0.25) is 0 Å². The molecule has 2 aromatic heterocycles. The fourth-order valence-electron chi connectivity index (χ4n) is 2.89. The zero-order valence-electron chi connectivity index (χ0n) is 17.3. The van der Waals surface area contributed by atoms with Crippen molar-refractivity contribution in [3.8, 4) is 22.8 Å². The van der Waals surface area contributed by atoms with Crippen molar-refractivity contribution in [3.63, 3.8) is 0 Å². The summed E-state index contributed by atoms with van der Waals surface area (Å²) in [4.78, 5) is 16.2. The number of aromatic nitrogens is 4. The van der Waals surface area contributed by atoms with Crippen LogP contribution in [0.25, 0.3) is 17.1 Å². The Balaban J connectivity index is 1.52. The molecular weight excluding hydrogens is 424 g/mol. The highest BCUT2D eigenvalue weighted by Crippen LogP contribution is 2.28. The van der Waals surface area contributed by atoms with Gasteiger partial charge in [-0.25, -0.2) is 5.43 Å². The Morgan fingerprint density at radius 1 is 1.06 bits per heavy atom. The first-order valence-corrected chi connectivity index (χ1v) is 10.7. The molecule has 0 radical (unpaired) electrons. The molecule has 2 aromatic carbocycles. The molecule has 0 fully saturated rings. The van der Waals surface area contributed by atoms with Gasteiger partial charge < -0.3 is 4.74 Å². The minimum absolute atomic E-state index is 0.136. The zero-order chi connectivity index (χ0) is 22.2. The minimum Gasteiger partial charge on any atom is -0.497 e. The Hall–Kier alpha value is -3.98. The zero-order valence-corrected chi connectivity index (χ0v) is 18.1. The van der Waals surface area contributed by atoms with Crippen molar-refractivity contribution in [1.82, 2.24) is 25.2 Å². The molecule has 160 valence electrons. The average molecular weight is 445 g/mol. The molecule has 0 unspecified atom stereocenters. The van der Waals surface area contributed by atoms with Crippen LogP contribution in [0.1, 0.15) is 5.56 Å². The average Bonchev–Trinajstić information content (AvgIpc) is 3.28. The summed E-state index contributed by atoms with van der Waals surface area (Å²) in [5, 5.41) is 13.3. The number of nitrogens with one attached hydrogen (secondary N) is 1. The van der Waals surface area contributed by atoms with Gasteiger partial charge in [-0.2, -0.15) is 5.10 Å². The quantitative estimate of drug-likeness (QED) is 0.254. The summed E-state index contributed by atoms with van der Waals surface area (Å²) in [6.45, 7) is 0. The lowest BCUT2D eigenvalue weighted by molar-refractivity contribution is -0.118. The highest BCUT2D eigenvalue weighted by atomic mass is 32.2. The van der Waals surface area contributed by atoms with Crippen molar-refractivity contribution in [2.45, 2.75) is 5.16 Å². The maximum atomic E-state index is 12.3. The van der Waals surface area contributed by atoms with Gasteiger partial charge in [0, 0.05) is 23.6 Å². The van der Waals surface area contributed by atoms with Crippen LogP contribution < -0.4 is 10.2 Å². The predicted molar refractivity (Wildman–Crippen MR) is 124 cm³/mol. The molecule has 1 amide bonds. The Labute approximate surface area is 189 Å². The first kappa shape index (κ1) is 21.3. The van der Waals surface area contributed by atoms with Crippen LogP contribution >= 0.6 is 11.8 Å². The number of benzene rings is 2. The third-order valence-corrected chi connectivity index (χ3v) is 5.37. The number of hydrazone groups is 1. The second kappa shape index (κ2) is 10.4. The van der Waals surface area contributed by atoms with Gasteiger partial charge >= 0.3 is 0 Å². The Morgan fingerprint density at radius 2 is 1.81 bits per heavy atom. The molecule has 4 rings (SSSR count). The van der Waals surface area contributed by atoms with Crippen LogP contribution in [-0.2, 0) is 4.79 Å². The van der Waals surface area contributed by atoms with Crippen LogP contribution in [0.5, 0.6) is 5.75 Å². The van der Waals surface area contributed by atoms with E-state index in [4.69, 9.17) is 4.74 Å². The number of nitrogens with zero attached hydrogens (tertiary/aromatic N) is 5. The highest BCUT2D eigenvalue weighted by molar-refractivity contribution is 7.99. The maximum Gasteiger partial charge on any atom is 0.250 e. The summed E-state index contributed by atoms with van der Waals surface area (Å²) in [7, 11) is 1.63. The minimum atomic E-state index is -0.245. The predicted octanol–water partition coefficient (Wildman–Crippen LogP) is 3.58. The number of rotatable bonds is 8. The van der Waals surface area contributed by atoms with E-state index in [1.54, 1.807) is 37.9 Å². The molecule has 9 heteroatoms. The van der Waals surface area contributed by atoms with Crippen molar-refractivity contribution in [2.75, 3.05) is 12.9 Å². The molecule has 0 aliphatic heterocycles. The molecule has 4 aromatic rings. The highest BCUT2D eigenvalue weighted by Gasteiger charge is 2.17. The van der Waals surface area contributed by atoms with E-state index in [1.165, 1.54) is 11.8 Å². The standard InChI is InChI=1S/C23H20N6O2S/c1-31-20-9-7-19(8-10-20)29-22(18-5-3-2-4-6-18)27-28-23(29)32-16-21(30)26-25-15-17-11-13-24-14-12-17/h2-15H,16H2,1H3,(H,26,30)/b25-15-. The van der Waals surface area contributed by atoms with Crippen molar-refractivity contribution in [3.05, 3.63) is 84.7 Å². The Kier molecular flexibility index (Phi) is 6.88. The van der Waals surface area contributed by atoms with E-state index >= 15 is 0 Å². The molecule has 0 spiro atoms. The van der Waals surface area contributed by atoms with Gasteiger partial charge in [0.1, 0.15) is 5.75 Å². The van der Waals surface area contributed by atoms with Gasteiger partial charge in [0.15, 0.2) is 11.0 Å². The molecule has 0 saturated carbocycles. The second-order valence-corrected chi connectivity index (χ2v) is 7.51. The normalized spacial score (nSPS) is 10.9. The first-order chi connectivity index (χ1) is 15.7. The summed E-state index contributed by atoms with van der Waals surface area (Å²) >= 11 is 1.28. The van der Waals surface area contributed by atoms with Crippen LogP contribution in [0, 0.1) is 0 Å². The number of thioether (sulfide) groups is 1. The van der Waals surface area contributed by atoms with Crippen LogP contribution in [0.15, 0.2) is 89.4 Å². The van der Waals surface area contributed by atoms with Gasteiger partial charge in [-0.05, 0) is 42.0 Å². The third kappa shape index (κ3) is 5.19. The van der Waals surface area contributed by atoms with E-state index < -0.39 is 0 Å². The van der Waals surface area contributed by atoms with E-state index in [2.05, 4.69) is 25.7 Å². The lowest BCUT2D eigenvalue weighted by Gasteiger charge is -2.11. The SMILES string of the molecule is COc1ccc(-n2c(SCC(=O)N/N=C\c3ccncc3)nnc2-c2ccccc2)cc1. The van der Waals surface area contributed by atoms with E-state index in [1.807, 2.05) is 59.2 Å². The topological polar surface area (TPSA) is 94.3 Å². The number of pyridine rings is 1. The molecule has 0 bridgehead atoms. The number of carbonyl (C=O) groups is 1. The first-order valence-electron chi connectivity index (χ1n) is 9.74. The number of carbonyl (C=O) groups excluding carboxylic acids is 1. The van der Waals surface area contributed by atoms with E-state index in [0.717, 1.165) is 22.6 Å². The van der Waals surface area contributed by atoms with E-state index in [9.17, 15) is 4.79 Å². The molecular formula is C23H20N6O2S. The number of hydrogen-bond acceptors (Lipinski definition) is 7. The smallest absolute Gasteiger partial charge is 0.250 e. The van der Waals surface area contributed by atoms with E-state index in [0.29, 0.717) is 11.0 Å². The largest absolute Gasteiger partial charge is 0.497 e. The summed E-state index contributed by atoms with van der Waals surface area (Å²) in [5.74, 6) is 1.33.